The molecule has 1 aliphatic heterocycles. The Morgan fingerprint density at radius 1 is 1.00 bits per heavy atom. The van der Waals surface area contributed by atoms with Crippen LogP contribution in [0.25, 0.3) is 0 Å². The van der Waals surface area contributed by atoms with Crippen molar-refractivity contribution in [3.05, 3.63) is 0 Å². The summed E-state index contributed by atoms with van der Waals surface area (Å²) in [4.78, 5) is 2.86. The highest BCUT2D eigenvalue weighted by molar-refractivity contribution is 4.85. The first-order valence-electron chi connectivity index (χ1n) is 9.16. The average molecular weight is 280 g/mol. The minimum atomic E-state index is 0.757. The van der Waals surface area contributed by atoms with Crippen LogP contribution in [0.2, 0.25) is 0 Å². The van der Waals surface area contributed by atoms with E-state index >= 15 is 0 Å². The minimum Gasteiger partial charge on any atom is -0.314 e. The van der Waals surface area contributed by atoms with Gasteiger partial charge in [0, 0.05) is 18.1 Å². The zero-order valence-electron chi connectivity index (χ0n) is 14.0. The van der Waals surface area contributed by atoms with Crippen LogP contribution in [0.1, 0.15) is 78.6 Å². The molecule has 2 atom stereocenters. The summed E-state index contributed by atoms with van der Waals surface area (Å²) in [6.07, 6.45) is 12.7. The Labute approximate surface area is 126 Å². The smallest absolute Gasteiger partial charge is 0.00980 e. The summed E-state index contributed by atoms with van der Waals surface area (Å²) in [6, 6.07) is 2.42. The lowest BCUT2D eigenvalue weighted by atomic mass is 9.96. The van der Waals surface area contributed by atoms with Gasteiger partial charge in [-0.2, -0.15) is 0 Å². The van der Waals surface area contributed by atoms with E-state index in [1.165, 1.54) is 70.9 Å². The SMILES string of the molecule is CC(C)CCN(C(C)CC1CCCCN1)C1CCCC1. The van der Waals surface area contributed by atoms with E-state index in [4.69, 9.17) is 0 Å². The molecule has 0 bridgehead atoms. The predicted molar refractivity (Wildman–Crippen MR) is 88.1 cm³/mol. The van der Waals surface area contributed by atoms with Crippen molar-refractivity contribution in [2.75, 3.05) is 13.1 Å². The first kappa shape index (κ1) is 16.3. The van der Waals surface area contributed by atoms with Gasteiger partial charge in [-0.15, -0.1) is 0 Å². The molecule has 1 saturated heterocycles. The standard InChI is InChI=1S/C18H36N2/c1-15(2)11-13-20(18-9-4-5-10-18)16(3)14-17-8-6-7-12-19-17/h15-19H,4-14H2,1-3H3. The second kappa shape index (κ2) is 8.38. The van der Waals surface area contributed by atoms with Gasteiger partial charge in [-0.3, -0.25) is 4.90 Å². The molecule has 2 heteroatoms. The fraction of sp³-hybridized carbons (Fsp3) is 1.00. The molecule has 0 spiro atoms. The van der Waals surface area contributed by atoms with Gasteiger partial charge in [0.05, 0.1) is 0 Å². The van der Waals surface area contributed by atoms with Crippen molar-refractivity contribution in [1.29, 1.82) is 0 Å². The van der Waals surface area contributed by atoms with Crippen LogP contribution >= 0.6 is 0 Å². The molecule has 1 heterocycles. The molecule has 20 heavy (non-hydrogen) atoms. The van der Waals surface area contributed by atoms with Gasteiger partial charge in [0.15, 0.2) is 0 Å². The zero-order chi connectivity index (χ0) is 14.4. The molecule has 2 unspecified atom stereocenters. The van der Waals surface area contributed by atoms with Gasteiger partial charge < -0.3 is 5.32 Å². The van der Waals surface area contributed by atoms with E-state index in [-0.39, 0.29) is 0 Å². The van der Waals surface area contributed by atoms with Gasteiger partial charge >= 0.3 is 0 Å². The normalized spacial score (nSPS) is 26.6. The fourth-order valence-electron chi connectivity index (χ4n) is 4.08. The van der Waals surface area contributed by atoms with Crippen LogP contribution in [0.15, 0.2) is 0 Å². The maximum atomic E-state index is 3.73. The molecule has 0 aromatic rings. The molecule has 0 radical (unpaired) electrons. The molecule has 2 rings (SSSR count). The summed E-state index contributed by atoms with van der Waals surface area (Å²) in [5.41, 5.74) is 0. The molecule has 1 N–H and O–H groups in total. The Bertz CT molecular complexity index is 252. The number of nitrogens with one attached hydrogen (secondary N) is 1. The summed E-state index contributed by atoms with van der Waals surface area (Å²) in [5.74, 6) is 0.832. The lowest BCUT2D eigenvalue weighted by Gasteiger charge is -2.37. The van der Waals surface area contributed by atoms with Crippen molar-refractivity contribution in [2.24, 2.45) is 5.92 Å². The maximum Gasteiger partial charge on any atom is 0.00980 e. The molecule has 0 aromatic carbocycles. The maximum absolute atomic E-state index is 3.73. The van der Waals surface area contributed by atoms with Crippen molar-refractivity contribution >= 4 is 0 Å². The molecule has 0 amide bonds. The van der Waals surface area contributed by atoms with Crippen LogP contribution in [0.5, 0.6) is 0 Å². The first-order valence-corrected chi connectivity index (χ1v) is 9.16. The van der Waals surface area contributed by atoms with Crippen molar-refractivity contribution in [1.82, 2.24) is 10.2 Å². The quantitative estimate of drug-likeness (QED) is 0.752. The Morgan fingerprint density at radius 3 is 2.30 bits per heavy atom. The molecular formula is C18H36N2. The predicted octanol–water partition coefficient (Wildman–Crippen LogP) is 4.20. The molecular weight excluding hydrogens is 244 g/mol. The van der Waals surface area contributed by atoms with Gasteiger partial charge in [-0.1, -0.05) is 33.1 Å². The number of hydrogen-bond acceptors (Lipinski definition) is 2. The van der Waals surface area contributed by atoms with Crippen LogP contribution in [0, 0.1) is 5.92 Å². The van der Waals surface area contributed by atoms with Crippen molar-refractivity contribution in [3.8, 4) is 0 Å². The van der Waals surface area contributed by atoms with Gasteiger partial charge in [0.2, 0.25) is 0 Å². The molecule has 1 saturated carbocycles. The Balaban J connectivity index is 1.85. The monoisotopic (exact) mass is 280 g/mol. The number of hydrogen-bond donors (Lipinski definition) is 1. The van der Waals surface area contributed by atoms with Crippen LogP contribution in [0.4, 0.5) is 0 Å². The Kier molecular flexibility index (Phi) is 6.83. The third-order valence-corrected chi connectivity index (χ3v) is 5.36. The van der Waals surface area contributed by atoms with Crippen molar-refractivity contribution < 1.29 is 0 Å². The third-order valence-electron chi connectivity index (χ3n) is 5.36. The van der Waals surface area contributed by atoms with Crippen molar-refractivity contribution in [2.45, 2.75) is 96.7 Å². The summed E-state index contributed by atoms with van der Waals surface area (Å²) in [7, 11) is 0. The van der Waals surface area contributed by atoms with E-state index in [1.807, 2.05) is 0 Å². The zero-order valence-corrected chi connectivity index (χ0v) is 14.0. The van der Waals surface area contributed by atoms with E-state index in [9.17, 15) is 0 Å². The summed E-state index contributed by atoms with van der Waals surface area (Å²) in [5, 5.41) is 3.73. The summed E-state index contributed by atoms with van der Waals surface area (Å²) in [6.45, 7) is 9.76. The van der Waals surface area contributed by atoms with Crippen LogP contribution < -0.4 is 5.32 Å². The van der Waals surface area contributed by atoms with Gasteiger partial charge in [-0.05, 0) is 64.5 Å². The topological polar surface area (TPSA) is 15.3 Å². The molecule has 2 nitrogen and oxygen atoms in total. The lowest BCUT2D eigenvalue weighted by molar-refractivity contribution is 0.119. The Hall–Kier alpha value is -0.0800. The van der Waals surface area contributed by atoms with Crippen LogP contribution in [-0.4, -0.2) is 36.1 Å². The highest BCUT2D eigenvalue weighted by Gasteiger charge is 2.28. The fourth-order valence-corrected chi connectivity index (χ4v) is 4.08. The summed E-state index contributed by atoms with van der Waals surface area (Å²) >= 11 is 0. The number of nitrogens with zero attached hydrogens (tertiary/aromatic N) is 1. The lowest BCUT2D eigenvalue weighted by Crippen LogP contribution is -2.46. The highest BCUT2D eigenvalue weighted by Crippen LogP contribution is 2.27. The molecule has 118 valence electrons. The highest BCUT2D eigenvalue weighted by atomic mass is 15.2. The van der Waals surface area contributed by atoms with E-state index < -0.39 is 0 Å². The summed E-state index contributed by atoms with van der Waals surface area (Å²) < 4.78 is 0. The average Bonchev–Trinajstić information content (AvgIpc) is 2.93. The van der Waals surface area contributed by atoms with E-state index in [0.29, 0.717) is 0 Å². The van der Waals surface area contributed by atoms with Gasteiger partial charge in [-0.25, -0.2) is 0 Å². The number of piperidine rings is 1. The van der Waals surface area contributed by atoms with E-state index in [1.54, 1.807) is 0 Å². The van der Waals surface area contributed by atoms with E-state index in [2.05, 4.69) is 31.0 Å². The van der Waals surface area contributed by atoms with Gasteiger partial charge in [0.1, 0.15) is 0 Å². The molecule has 0 aromatic heterocycles. The second-order valence-electron chi connectivity index (χ2n) is 7.59. The van der Waals surface area contributed by atoms with Crippen molar-refractivity contribution in [3.63, 3.8) is 0 Å². The number of rotatable bonds is 7. The first-order chi connectivity index (χ1) is 9.66. The third kappa shape index (κ3) is 5.04. The second-order valence-corrected chi connectivity index (χ2v) is 7.59. The molecule has 2 aliphatic rings. The minimum absolute atomic E-state index is 0.757. The Morgan fingerprint density at radius 2 is 1.70 bits per heavy atom. The molecule has 1 aliphatic carbocycles. The largest absolute Gasteiger partial charge is 0.314 e. The van der Waals surface area contributed by atoms with Crippen LogP contribution in [-0.2, 0) is 0 Å². The molecule has 2 fully saturated rings. The van der Waals surface area contributed by atoms with Crippen LogP contribution in [0.3, 0.4) is 0 Å². The van der Waals surface area contributed by atoms with E-state index in [0.717, 1.165) is 24.0 Å². The van der Waals surface area contributed by atoms with Gasteiger partial charge in [0.25, 0.3) is 0 Å².